The Labute approximate surface area is 85.1 Å². The first-order valence-corrected chi connectivity index (χ1v) is 5.68. The van der Waals surface area contributed by atoms with Gasteiger partial charge in [0.05, 0.1) is 0 Å². The molecular weight excluding hydrogens is 176 g/mol. The van der Waals surface area contributed by atoms with E-state index in [1.807, 2.05) is 6.07 Å². The summed E-state index contributed by atoms with van der Waals surface area (Å²) in [5.41, 5.74) is 0. The van der Waals surface area contributed by atoms with E-state index >= 15 is 0 Å². The molecule has 0 nitrogen and oxygen atoms in total. The summed E-state index contributed by atoms with van der Waals surface area (Å²) in [5, 5.41) is 2.19. The van der Waals surface area contributed by atoms with E-state index in [0.717, 1.165) is 0 Å². The van der Waals surface area contributed by atoms with Gasteiger partial charge in [0.15, 0.2) is 0 Å². The van der Waals surface area contributed by atoms with E-state index in [2.05, 4.69) is 42.7 Å². The van der Waals surface area contributed by atoms with Crippen molar-refractivity contribution >= 4 is 11.8 Å². The maximum Gasteiger partial charge on any atom is 0.0116 e. The standard InChI is InChI=1S/C12H16S/c1-2-3-4-8-11-13-12-9-6-5-7-10-12/h5-11H,2-4H2,1H3/b11-8+. The third-order valence-corrected chi connectivity index (χ3v) is 2.64. The summed E-state index contributed by atoms with van der Waals surface area (Å²) >= 11 is 1.79. The average molecular weight is 192 g/mol. The minimum atomic E-state index is 1.20. The van der Waals surface area contributed by atoms with Crippen LogP contribution in [0, 0.1) is 0 Å². The lowest BCUT2D eigenvalue weighted by molar-refractivity contribution is 0.815. The highest BCUT2D eigenvalue weighted by Crippen LogP contribution is 2.18. The third kappa shape index (κ3) is 4.79. The minimum absolute atomic E-state index is 1.20. The molecule has 70 valence electrons. The molecule has 0 aliphatic heterocycles. The summed E-state index contributed by atoms with van der Waals surface area (Å²) in [4.78, 5) is 1.32. The predicted octanol–water partition coefficient (Wildman–Crippen LogP) is 4.48. The van der Waals surface area contributed by atoms with Crippen molar-refractivity contribution in [3.63, 3.8) is 0 Å². The highest BCUT2D eigenvalue weighted by atomic mass is 32.2. The van der Waals surface area contributed by atoms with Gasteiger partial charge in [0.1, 0.15) is 0 Å². The quantitative estimate of drug-likeness (QED) is 0.489. The Morgan fingerprint density at radius 2 is 2.00 bits per heavy atom. The zero-order chi connectivity index (χ0) is 9.36. The van der Waals surface area contributed by atoms with Crippen LogP contribution in [0.2, 0.25) is 0 Å². The van der Waals surface area contributed by atoms with Gasteiger partial charge in [0.25, 0.3) is 0 Å². The fourth-order valence-corrected chi connectivity index (χ4v) is 1.72. The molecule has 1 rings (SSSR count). The molecule has 1 aromatic rings. The van der Waals surface area contributed by atoms with Crippen LogP contribution in [0.15, 0.2) is 46.7 Å². The number of thioether (sulfide) groups is 1. The number of rotatable bonds is 5. The maximum atomic E-state index is 2.25. The van der Waals surface area contributed by atoms with Crippen molar-refractivity contribution < 1.29 is 0 Å². The summed E-state index contributed by atoms with van der Waals surface area (Å²) in [7, 11) is 0. The summed E-state index contributed by atoms with van der Waals surface area (Å²) in [5.74, 6) is 0. The molecule has 0 atom stereocenters. The van der Waals surface area contributed by atoms with Crippen molar-refractivity contribution in [1.29, 1.82) is 0 Å². The monoisotopic (exact) mass is 192 g/mol. The molecule has 0 saturated heterocycles. The second-order valence-electron chi connectivity index (χ2n) is 2.94. The minimum Gasteiger partial charge on any atom is -0.0984 e. The van der Waals surface area contributed by atoms with Crippen molar-refractivity contribution in [3.8, 4) is 0 Å². The van der Waals surface area contributed by atoms with E-state index < -0.39 is 0 Å². The second-order valence-corrected chi connectivity index (χ2v) is 3.92. The van der Waals surface area contributed by atoms with Crippen molar-refractivity contribution in [2.75, 3.05) is 0 Å². The molecule has 1 heteroatoms. The molecule has 0 N–H and O–H groups in total. The Morgan fingerprint density at radius 1 is 1.23 bits per heavy atom. The molecule has 13 heavy (non-hydrogen) atoms. The van der Waals surface area contributed by atoms with Crippen molar-refractivity contribution in [3.05, 3.63) is 41.8 Å². The highest BCUT2D eigenvalue weighted by Gasteiger charge is 1.85. The SMILES string of the molecule is CCCC/C=C/Sc1ccccc1. The van der Waals surface area contributed by atoms with Crippen LogP contribution in [0.4, 0.5) is 0 Å². The predicted molar refractivity (Wildman–Crippen MR) is 61.0 cm³/mol. The number of hydrogen-bond acceptors (Lipinski definition) is 1. The molecule has 0 fully saturated rings. The molecule has 0 amide bonds. The largest absolute Gasteiger partial charge is 0.0984 e. The van der Waals surface area contributed by atoms with Crippen LogP contribution in [-0.4, -0.2) is 0 Å². The maximum absolute atomic E-state index is 2.25. The molecule has 0 radical (unpaired) electrons. The van der Waals surface area contributed by atoms with Crippen LogP contribution in [0.25, 0.3) is 0 Å². The normalized spacial score (nSPS) is 10.8. The van der Waals surface area contributed by atoms with Crippen LogP contribution in [0.1, 0.15) is 26.2 Å². The van der Waals surface area contributed by atoms with Gasteiger partial charge in [-0.05, 0) is 24.0 Å². The number of unbranched alkanes of at least 4 members (excludes halogenated alkanes) is 2. The molecule has 0 aliphatic rings. The molecule has 0 aliphatic carbocycles. The van der Waals surface area contributed by atoms with Gasteiger partial charge in [0, 0.05) is 4.90 Å². The lowest BCUT2D eigenvalue weighted by Crippen LogP contribution is -1.67. The zero-order valence-electron chi connectivity index (χ0n) is 8.07. The number of hydrogen-bond donors (Lipinski definition) is 0. The molecule has 0 aromatic heterocycles. The van der Waals surface area contributed by atoms with Gasteiger partial charge in [-0.2, -0.15) is 0 Å². The third-order valence-electron chi connectivity index (χ3n) is 1.77. The summed E-state index contributed by atoms with van der Waals surface area (Å²) in [6.45, 7) is 2.22. The van der Waals surface area contributed by atoms with Gasteiger partial charge in [-0.15, -0.1) is 0 Å². The summed E-state index contributed by atoms with van der Waals surface area (Å²) in [6.07, 6.45) is 6.03. The molecule has 0 spiro atoms. The van der Waals surface area contributed by atoms with E-state index in [9.17, 15) is 0 Å². The Morgan fingerprint density at radius 3 is 2.69 bits per heavy atom. The Bertz CT molecular complexity index is 239. The Hall–Kier alpha value is -0.690. The van der Waals surface area contributed by atoms with Crippen molar-refractivity contribution in [2.45, 2.75) is 31.1 Å². The lowest BCUT2D eigenvalue weighted by atomic mass is 10.2. The molecule has 0 bridgehead atoms. The van der Waals surface area contributed by atoms with Crippen LogP contribution >= 0.6 is 11.8 Å². The fraction of sp³-hybridized carbons (Fsp3) is 0.333. The highest BCUT2D eigenvalue weighted by molar-refractivity contribution is 8.02. The topological polar surface area (TPSA) is 0 Å². The van der Waals surface area contributed by atoms with E-state index in [1.165, 1.54) is 24.2 Å². The molecular formula is C12H16S. The van der Waals surface area contributed by atoms with Crippen LogP contribution in [0.3, 0.4) is 0 Å². The molecule has 0 saturated carbocycles. The van der Waals surface area contributed by atoms with Crippen molar-refractivity contribution in [1.82, 2.24) is 0 Å². The fourth-order valence-electron chi connectivity index (χ4n) is 1.02. The first-order chi connectivity index (χ1) is 6.43. The van der Waals surface area contributed by atoms with Gasteiger partial charge in [0.2, 0.25) is 0 Å². The van der Waals surface area contributed by atoms with Crippen LogP contribution < -0.4 is 0 Å². The Balaban J connectivity index is 2.23. The van der Waals surface area contributed by atoms with E-state index in [-0.39, 0.29) is 0 Å². The van der Waals surface area contributed by atoms with Gasteiger partial charge < -0.3 is 0 Å². The number of benzene rings is 1. The van der Waals surface area contributed by atoms with Gasteiger partial charge in [-0.25, -0.2) is 0 Å². The van der Waals surface area contributed by atoms with Gasteiger partial charge in [-0.1, -0.05) is 55.8 Å². The lowest BCUT2D eigenvalue weighted by Gasteiger charge is -1.93. The molecule has 0 unspecified atom stereocenters. The number of allylic oxidation sites excluding steroid dienone is 1. The zero-order valence-corrected chi connectivity index (χ0v) is 8.89. The smallest absolute Gasteiger partial charge is 0.0116 e. The second kappa shape index (κ2) is 6.79. The van der Waals surface area contributed by atoms with E-state index in [1.54, 1.807) is 11.8 Å². The molecule has 1 aromatic carbocycles. The Kier molecular flexibility index (Phi) is 5.42. The first kappa shape index (κ1) is 10.4. The van der Waals surface area contributed by atoms with E-state index in [0.29, 0.717) is 0 Å². The van der Waals surface area contributed by atoms with Gasteiger partial charge in [-0.3, -0.25) is 0 Å². The summed E-state index contributed by atoms with van der Waals surface area (Å²) < 4.78 is 0. The van der Waals surface area contributed by atoms with Gasteiger partial charge >= 0.3 is 0 Å². The van der Waals surface area contributed by atoms with Crippen molar-refractivity contribution in [2.24, 2.45) is 0 Å². The van der Waals surface area contributed by atoms with Crippen LogP contribution in [-0.2, 0) is 0 Å². The average Bonchev–Trinajstić information content (AvgIpc) is 2.19. The summed E-state index contributed by atoms with van der Waals surface area (Å²) in [6, 6.07) is 10.5. The van der Waals surface area contributed by atoms with E-state index in [4.69, 9.17) is 0 Å². The van der Waals surface area contributed by atoms with Crippen LogP contribution in [0.5, 0.6) is 0 Å². The first-order valence-electron chi connectivity index (χ1n) is 4.80. The molecule has 0 heterocycles.